The van der Waals surface area contributed by atoms with E-state index in [9.17, 15) is 4.79 Å². The Bertz CT molecular complexity index is 375. The minimum Gasteiger partial charge on any atom is -0.375 e. The number of Topliss-reactive ketones (excluding diaryl/α,β-unsaturated/α-hetero) is 1. The molecule has 0 aliphatic heterocycles. The van der Waals surface area contributed by atoms with Crippen molar-refractivity contribution in [3.05, 3.63) is 10.6 Å². The maximum absolute atomic E-state index is 12.0. The third kappa shape index (κ3) is 2.03. The van der Waals surface area contributed by atoms with E-state index < -0.39 is 0 Å². The summed E-state index contributed by atoms with van der Waals surface area (Å²) in [6.45, 7) is 2.98. The van der Waals surface area contributed by atoms with Crippen molar-refractivity contribution in [3.8, 4) is 0 Å². The molecule has 0 aromatic carbocycles. The number of aryl methyl sites for hydroxylation is 1. The Morgan fingerprint density at radius 3 is 3.20 bits per heavy atom. The standard InChI is InChI=1S/C10H15N3OS/c1-2-5-12-6-3-4-7-9(8(6)14)15-10(11)13-7/h6,12H,2-5H2,1H3,(H2,11,13)/t6-/m0/s1. The summed E-state index contributed by atoms with van der Waals surface area (Å²) in [5.41, 5.74) is 6.49. The second kappa shape index (κ2) is 4.28. The van der Waals surface area contributed by atoms with Crippen molar-refractivity contribution >= 4 is 22.3 Å². The van der Waals surface area contributed by atoms with Crippen LogP contribution in [0.2, 0.25) is 0 Å². The third-order valence-electron chi connectivity index (χ3n) is 2.56. The molecule has 1 aliphatic carbocycles. The van der Waals surface area contributed by atoms with Crippen LogP contribution in [0.4, 0.5) is 5.13 Å². The van der Waals surface area contributed by atoms with Crippen LogP contribution in [0, 0.1) is 0 Å². The maximum atomic E-state index is 12.0. The second-order valence-corrected chi connectivity index (χ2v) is 4.77. The largest absolute Gasteiger partial charge is 0.375 e. The van der Waals surface area contributed by atoms with E-state index in [0.29, 0.717) is 5.13 Å². The van der Waals surface area contributed by atoms with Crippen molar-refractivity contribution in [2.75, 3.05) is 12.3 Å². The molecule has 0 saturated carbocycles. The number of thiazole rings is 1. The Hall–Kier alpha value is -0.940. The van der Waals surface area contributed by atoms with Gasteiger partial charge in [-0.3, -0.25) is 4.79 Å². The SMILES string of the molecule is CCCN[C@H]1CCc2nc(N)sc2C1=O. The number of fused-ring (bicyclic) bond motifs is 1. The van der Waals surface area contributed by atoms with E-state index >= 15 is 0 Å². The van der Waals surface area contributed by atoms with E-state index in [0.717, 1.165) is 36.4 Å². The molecule has 0 fully saturated rings. The Labute approximate surface area is 92.9 Å². The number of nitrogens with zero attached hydrogens (tertiary/aromatic N) is 1. The summed E-state index contributed by atoms with van der Waals surface area (Å²) in [7, 11) is 0. The van der Waals surface area contributed by atoms with Crippen molar-refractivity contribution < 1.29 is 4.79 Å². The number of nitrogens with one attached hydrogen (secondary N) is 1. The molecule has 0 bridgehead atoms. The van der Waals surface area contributed by atoms with Crippen molar-refractivity contribution in [3.63, 3.8) is 0 Å². The maximum Gasteiger partial charge on any atom is 0.191 e. The molecule has 4 nitrogen and oxygen atoms in total. The van der Waals surface area contributed by atoms with Crippen molar-refractivity contribution in [1.82, 2.24) is 10.3 Å². The lowest BCUT2D eigenvalue weighted by Crippen LogP contribution is -2.40. The molecule has 1 aromatic heterocycles. The van der Waals surface area contributed by atoms with E-state index in [1.807, 2.05) is 0 Å². The van der Waals surface area contributed by atoms with Crippen LogP contribution in [0.5, 0.6) is 0 Å². The van der Waals surface area contributed by atoms with Crippen molar-refractivity contribution in [1.29, 1.82) is 0 Å². The van der Waals surface area contributed by atoms with Gasteiger partial charge in [0.1, 0.15) is 0 Å². The monoisotopic (exact) mass is 225 g/mol. The number of carbonyl (C=O) groups is 1. The zero-order valence-corrected chi connectivity index (χ0v) is 9.56. The number of nitrogens with two attached hydrogens (primary N) is 1. The Balaban J connectivity index is 2.14. The predicted molar refractivity (Wildman–Crippen MR) is 61.3 cm³/mol. The molecule has 82 valence electrons. The fourth-order valence-electron chi connectivity index (χ4n) is 1.82. The molecular formula is C10H15N3OS. The topological polar surface area (TPSA) is 68.0 Å². The summed E-state index contributed by atoms with van der Waals surface area (Å²) < 4.78 is 0. The number of nitrogen functional groups attached to an aromatic ring is 1. The number of carbonyl (C=O) groups excluding carboxylic acids is 1. The second-order valence-electron chi connectivity index (χ2n) is 3.74. The molecule has 0 amide bonds. The minimum absolute atomic E-state index is 0.0303. The van der Waals surface area contributed by atoms with Crippen LogP contribution < -0.4 is 11.1 Å². The third-order valence-corrected chi connectivity index (χ3v) is 3.51. The lowest BCUT2D eigenvalue weighted by molar-refractivity contribution is 0.0932. The van der Waals surface area contributed by atoms with Gasteiger partial charge in [0.2, 0.25) is 0 Å². The molecule has 3 N–H and O–H groups in total. The molecular weight excluding hydrogens is 210 g/mol. The van der Waals surface area contributed by atoms with Crippen LogP contribution in [-0.4, -0.2) is 23.4 Å². The molecule has 1 aromatic rings. The van der Waals surface area contributed by atoms with Crippen LogP contribution in [0.15, 0.2) is 0 Å². The van der Waals surface area contributed by atoms with Crippen LogP contribution in [0.3, 0.4) is 0 Å². The summed E-state index contributed by atoms with van der Waals surface area (Å²) in [5.74, 6) is 0.166. The number of hydrogen-bond donors (Lipinski definition) is 2. The molecule has 1 aliphatic rings. The summed E-state index contributed by atoms with van der Waals surface area (Å²) in [6, 6.07) is -0.0303. The Morgan fingerprint density at radius 2 is 2.47 bits per heavy atom. The van der Waals surface area contributed by atoms with Crippen LogP contribution in [0.25, 0.3) is 0 Å². The lowest BCUT2D eigenvalue weighted by atomic mass is 9.96. The highest BCUT2D eigenvalue weighted by molar-refractivity contribution is 7.17. The predicted octanol–water partition coefficient (Wildman–Crippen LogP) is 1.22. The number of hydrogen-bond acceptors (Lipinski definition) is 5. The molecule has 1 heterocycles. The summed E-state index contributed by atoms with van der Waals surface area (Å²) in [5, 5.41) is 3.76. The first kappa shape index (κ1) is 10.6. The van der Waals surface area contributed by atoms with E-state index in [2.05, 4.69) is 17.2 Å². The number of anilines is 1. The normalized spacial score (nSPS) is 20.3. The Kier molecular flexibility index (Phi) is 3.02. The fourth-order valence-corrected chi connectivity index (χ4v) is 2.69. The van der Waals surface area contributed by atoms with Gasteiger partial charge in [0.15, 0.2) is 10.9 Å². The summed E-state index contributed by atoms with van der Waals surface area (Å²) >= 11 is 1.31. The quantitative estimate of drug-likeness (QED) is 0.811. The molecule has 0 spiro atoms. The molecule has 5 heteroatoms. The van der Waals surface area contributed by atoms with Gasteiger partial charge in [-0.05, 0) is 25.8 Å². The van der Waals surface area contributed by atoms with E-state index in [1.54, 1.807) is 0 Å². The Morgan fingerprint density at radius 1 is 1.67 bits per heavy atom. The molecule has 15 heavy (non-hydrogen) atoms. The van der Waals surface area contributed by atoms with Gasteiger partial charge in [-0.15, -0.1) is 0 Å². The van der Waals surface area contributed by atoms with Gasteiger partial charge < -0.3 is 11.1 Å². The molecule has 0 unspecified atom stereocenters. The molecule has 0 radical (unpaired) electrons. The van der Waals surface area contributed by atoms with E-state index in [-0.39, 0.29) is 11.8 Å². The summed E-state index contributed by atoms with van der Waals surface area (Å²) in [4.78, 5) is 16.9. The highest BCUT2D eigenvalue weighted by Crippen LogP contribution is 2.28. The first-order valence-electron chi connectivity index (χ1n) is 5.25. The summed E-state index contributed by atoms with van der Waals surface area (Å²) in [6.07, 6.45) is 2.74. The molecule has 0 saturated heterocycles. The van der Waals surface area contributed by atoms with Crippen LogP contribution in [0.1, 0.15) is 35.1 Å². The van der Waals surface area contributed by atoms with Gasteiger partial charge in [0.25, 0.3) is 0 Å². The number of rotatable bonds is 3. The molecule has 1 atom stereocenters. The average Bonchev–Trinajstić information content (AvgIpc) is 2.59. The smallest absolute Gasteiger partial charge is 0.191 e. The van der Waals surface area contributed by atoms with Gasteiger partial charge in [0.05, 0.1) is 16.6 Å². The van der Waals surface area contributed by atoms with Crippen LogP contribution in [-0.2, 0) is 6.42 Å². The van der Waals surface area contributed by atoms with Crippen LogP contribution >= 0.6 is 11.3 Å². The fraction of sp³-hybridized carbons (Fsp3) is 0.600. The van der Waals surface area contributed by atoms with Gasteiger partial charge in [-0.25, -0.2) is 4.98 Å². The van der Waals surface area contributed by atoms with Crippen molar-refractivity contribution in [2.24, 2.45) is 0 Å². The highest BCUT2D eigenvalue weighted by Gasteiger charge is 2.29. The van der Waals surface area contributed by atoms with E-state index in [4.69, 9.17) is 5.73 Å². The highest BCUT2D eigenvalue weighted by atomic mass is 32.1. The zero-order chi connectivity index (χ0) is 10.8. The van der Waals surface area contributed by atoms with Gasteiger partial charge in [-0.2, -0.15) is 0 Å². The minimum atomic E-state index is -0.0303. The molecule has 2 rings (SSSR count). The lowest BCUT2D eigenvalue weighted by Gasteiger charge is -2.20. The van der Waals surface area contributed by atoms with Gasteiger partial charge in [0, 0.05) is 0 Å². The first-order valence-corrected chi connectivity index (χ1v) is 6.06. The average molecular weight is 225 g/mol. The van der Waals surface area contributed by atoms with Gasteiger partial charge >= 0.3 is 0 Å². The zero-order valence-electron chi connectivity index (χ0n) is 8.75. The van der Waals surface area contributed by atoms with Gasteiger partial charge in [-0.1, -0.05) is 18.3 Å². The number of ketones is 1. The van der Waals surface area contributed by atoms with E-state index in [1.165, 1.54) is 11.3 Å². The van der Waals surface area contributed by atoms with Crippen molar-refractivity contribution in [2.45, 2.75) is 32.2 Å². The first-order chi connectivity index (χ1) is 7.22. The number of aromatic nitrogens is 1.